The number of hydrogen-bond acceptors (Lipinski definition) is 3. The molecule has 0 radical (unpaired) electrons. The van der Waals surface area contributed by atoms with Crippen LogP contribution in [-0.4, -0.2) is 35.1 Å². The fraction of sp³-hybridized carbons (Fsp3) is 0.375. The molecule has 0 saturated carbocycles. The van der Waals surface area contributed by atoms with E-state index >= 15 is 0 Å². The van der Waals surface area contributed by atoms with Crippen LogP contribution in [-0.2, 0) is 19.3 Å². The zero-order valence-electron chi connectivity index (χ0n) is 13.4. The van der Waals surface area contributed by atoms with Crippen molar-refractivity contribution >= 4 is 17.7 Å². The standard InChI is InChI=1S/C16H22FN5S/c1-18-16(20-11-14-7-8-21-22(14)2)19-9-10-23-12-13-5-3-4-6-15(13)17/h3-8H,9-12H2,1-2H3,(H2,18,19,20). The summed E-state index contributed by atoms with van der Waals surface area (Å²) in [5.41, 5.74) is 1.83. The SMILES string of the molecule is CN=C(NCCSCc1ccccc1F)NCc1ccnn1C. The number of guanidine groups is 1. The molecule has 0 aliphatic rings. The minimum atomic E-state index is -0.137. The summed E-state index contributed by atoms with van der Waals surface area (Å²) in [5, 5.41) is 10.6. The number of benzene rings is 1. The van der Waals surface area contributed by atoms with Gasteiger partial charge in [0, 0.05) is 38.3 Å². The van der Waals surface area contributed by atoms with E-state index in [1.54, 1.807) is 31.1 Å². The van der Waals surface area contributed by atoms with Crippen LogP contribution in [0.5, 0.6) is 0 Å². The number of nitrogens with one attached hydrogen (secondary N) is 2. The van der Waals surface area contributed by atoms with Gasteiger partial charge in [-0.25, -0.2) is 4.39 Å². The zero-order chi connectivity index (χ0) is 16.5. The van der Waals surface area contributed by atoms with Crippen molar-refractivity contribution in [1.82, 2.24) is 20.4 Å². The lowest BCUT2D eigenvalue weighted by atomic mass is 10.2. The largest absolute Gasteiger partial charge is 0.356 e. The van der Waals surface area contributed by atoms with Crippen LogP contribution in [0.1, 0.15) is 11.3 Å². The lowest BCUT2D eigenvalue weighted by Gasteiger charge is -2.12. The van der Waals surface area contributed by atoms with Gasteiger partial charge in [-0.2, -0.15) is 16.9 Å². The molecule has 0 unspecified atom stereocenters. The molecule has 0 aliphatic carbocycles. The fourth-order valence-corrected chi connectivity index (χ4v) is 2.85. The molecule has 0 spiro atoms. The Balaban J connectivity index is 1.64. The van der Waals surface area contributed by atoms with E-state index in [9.17, 15) is 4.39 Å². The minimum Gasteiger partial charge on any atom is -0.356 e. The van der Waals surface area contributed by atoms with E-state index in [0.29, 0.717) is 12.3 Å². The van der Waals surface area contributed by atoms with Crippen LogP contribution < -0.4 is 10.6 Å². The number of rotatable bonds is 7. The molecule has 0 amide bonds. The summed E-state index contributed by atoms with van der Waals surface area (Å²) in [6.45, 7) is 1.43. The van der Waals surface area contributed by atoms with Crippen molar-refractivity contribution in [3.05, 3.63) is 53.6 Å². The van der Waals surface area contributed by atoms with Crippen molar-refractivity contribution in [3.8, 4) is 0 Å². The second kappa shape index (κ2) is 9.19. The van der Waals surface area contributed by atoms with E-state index in [1.165, 1.54) is 6.07 Å². The molecule has 124 valence electrons. The molecule has 0 fully saturated rings. The Hall–Kier alpha value is -2.02. The number of halogens is 1. The van der Waals surface area contributed by atoms with Crippen molar-refractivity contribution < 1.29 is 4.39 Å². The Bertz CT molecular complexity index is 641. The van der Waals surface area contributed by atoms with Crippen molar-refractivity contribution in [1.29, 1.82) is 0 Å². The number of aryl methyl sites for hydroxylation is 1. The van der Waals surface area contributed by atoms with Crippen LogP contribution in [0.4, 0.5) is 4.39 Å². The van der Waals surface area contributed by atoms with Gasteiger partial charge in [0.05, 0.1) is 12.2 Å². The summed E-state index contributed by atoms with van der Waals surface area (Å²) in [6, 6.07) is 8.86. The van der Waals surface area contributed by atoms with E-state index in [1.807, 2.05) is 29.9 Å². The molecule has 5 nitrogen and oxygen atoms in total. The Morgan fingerprint density at radius 2 is 2.13 bits per heavy atom. The smallest absolute Gasteiger partial charge is 0.191 e. The molecule has 0 atom stereocenters. The predicted molar refractivity (Wildman–Crippen MR) is 94.0 cm³/mol. The average Bonchev–Trinajstić information content (AvgIpc) is 2.97. The molecule has 23 heavy (non-hydrogen) atoms. The first kappa shape index (κ1) is 17.3. The summed E-state index contributed by atoms with van der Waals surface area (Å²) in [6.07, 6.45) is 1.77. The molecule has 0 aliphatic heterocycles. The maximum atomic E-state index is 13.5. The van der Waals surface area contributed by atoms with Crippen LogP contribution in [0.15, 0.2) is 41.5 Å². The normalized spacial score (nSPS) is 11.5. The maximum absolute atomic E-state index is 13.5. The molecule has 0 bridgehead atoms. The molecule has 1 aromatic heterocycles. The van der Waals surface area contributed by atoms with Crippen molar-refractivity contribution in [2.75, 3.05) is 19.3 Å². The lowest BCUT2D eigenvalue weighted by molar-refractivity contribution is 0.617. The number of nitrogens with zero attached hydrogens (tertiary/aromatic N) is 3. The third kappa shape index (κ3) is 5.59. The fourth-order valence-electron chi connectivity index (χ4n) is 2.01. The van der Waals surface area contributed by atoms with E-state index in [2.05, 4.69) is 20.7 Å². The van der Waals surface area contributed by atoms with Crippen LogP contribution in [0, 0.1) is 5.82 Å². The van der Waals surface area contributed by atoms with Gasteiger partial charge in [0.2, 0.25) is 0 Å². The molecule has 1 aromatic carbocycles. The first-order valence-electron chi connectivity index (χ1n) is 7.43. The first-order valence-corrected chi connectivity index (χ1v) is 8.58. The third-order valence-electron chi connectivity index (χ3n) is 3.34. The number of hydrogen-bond donors (Lipinski definition) is 2. The Morgan fingerprint density at radius 1 is 1.30 bits per heavy atom. The summed E-state index contributed by atoms with van der Waals surface area (Å²) < 4.78 is 15.3. The monoisotopic (exact) mass is 335 g/mol. The molecule has 1 heterocycles. The average molecular weight is 335 g/mol. The third-order valence-corrected chi connectivity index (χ3v) is 4.35. The summed E-state index contributed by atoms with van der Waals surface area (Å²) in [5.74, 6) is 2.16. The highest BCUT2D eigenvalue weighted by Gasteiger charge is 2.02. The highest BCUT2D eigenvalue weighted by Crippen LogP contribution is 2.14. The van der Waals surface area contributed by atoms with Gasteiger partial charge in [0.15, 0.2) is 5.96 Å². The quantitative estimate of drug-likeness (QED) is 0.462. The second-order valence-corrected chi connectivity index (χ2v) is 6.05. The van der Waals surface area contributed by atoms with Crippen LogP contribution >= 0.6 is 11.8 Å². The van der Waals surface area contributed by atoms with E-state index < -0.39 is 0 Å². The highest BCUT2D eigenvalue weighted by molar-refractivity contribution is 7.98. The summed E-state index contributed by atoms with van der Waals surface area (Å²) >= 11 is 1.69. The minimum absolute atomic E-state index is 0.137. The summed E-state index contributed by atoms with van der Waals surface area (Å²) in [7, 11) is 3.65. The summed E-state index contributed by atoms with van der Waals surface area (Å²) in [4.78, 5) is 4.18. The van der Waals surface area contributed by atoms with Gasteiger partial charge in [-0.05, 0) is 17.7 Å². The highest BCUT2D eigenvalue weighted by atomic mass is 32.2. The Kier molecular flexibility index (Phi) is 6.93. The first-order chi connectivity index (χ1) is 11.2. The van der Waals surface area contributed by atoms with E-state index in [-0.39, 0.29) is 5.82 Å². The van der Waals surface area contributed by atoms with Gasteiger partial charge >= 0.3 is 0 Å². The van der Waals surface area contributed by atoms with Crippen molar-refractivity contribution in [3.63, 3.8) is 0 Å². The lowest BCUT2D eigenvalue weighted by Crippen LogP contribution is -2.38. The Labute approximate surface area is 140 Å². The van der Waals surface area contributed by atoms with Crippen LogP contribution in [0.2, 0.25) is 0 Å². The van der Waals surface area contributed by atoms with Crippen LogP contribution in [0.25, 0.3) is 0 Å². The molecule has 0 saturated heterocycles. The predicted octanol–water partition coefficient (Wildman–Crippen LogP) is 2.16. The van der Waals surface area contributed by atoms with Crippen molar-refractivity contribution in [2.24, 2.45) is 12.0 Å². The van der Waals surface area contributed by atoms with E-state index in [4.69, 9.17) is 0 Å². The maximum Gasteiger partial charge on any atom is 0.191 e. The molecular formula is C16H22FN5S. The van der Waals surface area contributed by atoms with Crippen molar-refractivity contribution in [2.45, 2.75) is 12.3 Å². The Morgan fingerprint density at radius 3 is 2.83 bits per heavy atom. The number of thioether (sulfide) groups is 1. The van der Waals surface area contributed by atoms with Gasteiger partial charge in [0.25, 0.3) is 0 Å². The molecule has 7 heteroatoms. The van der Waals surface area contributed by atoms with Gasteiger partial charge < -0.3 is 10.6 Å². The zero-order valence-corrected chi connectivity index (χ0v) is 14.2. The van der Waals surface area contributed by atoms with Gasteiger partial charge in [-0.3, -0.25) is 9.67 Å². The van der Waals surface area contributed by atoms with Crippen LogP contribution in [0.3, 0.4) is 0 Å². The van der Waals surface area contributed by atoms with E-state index in [0.717, 1.165) is 29.5 Å². The molecular weight excluding hydrogens is 313 g/mol. The second-order valence-electron chi connectivity index (χ2n) is 4.94. The van der Waals surface area contributed by atoms with Gasteiger partial charge in [0.1, 0.15) is 5.82 Å². The topological polar surface area (TPSA) is 54.2 Å². The molecule has 2 rings (SSSR count). The van der Waals surface area contributed by atoms with Gasteiger partial charge in [-0.15, -0.1) is 0 Å². The molecule has 2 N–H and O–H groups in total. The van der Waals surface area contributed by atoms with Gasteiger partial charge in [-0.1, -0.05) is 18.2 Å². The number of aliphatic imine (C=N–C) groups is 1. The number of aromatic nitrogens is 2. The molecule has 2 aromatic rings.